The molecule has 3 aromatic rings. The molecule has 0 aliphatic rings. The molecular formula is C16H15N3O6S. The van der Waals surface area contributed by atoms with Crippen LogP contribution in [0.25, 0.3) is 10.8 Å². The van der Waals surface area contributed by atoms with Crippen LogP contribution in [0.5, 0.6) is 11.5 Å². The van der Waals surface area contributed by atoms with Gasteiger partial charge >= 0.3 is 6.01 Å². The van der Waals surface area contributed by atoms with E-state index >= 15 is 0 Å². The van der Waals surface area contributed by atoms with E-state index in [2.05, 4.69) is 15.5 Å². The molecule has 26 heavy (non-hydrogen) atoms. The van der Waals surface area contributed by atoms with Gasteiger partial charge in [0.1, 0.15) is 18.1 Å². The van der Waals surface area contributed by atoms with Crippen LogP contribution in [0.1, 0.15) is 10.4 Å². The average molecular weight is 377 g/mol. The van der Waals surface area contributed by atoms with Crippen LogP contribution in [-0.2, 0) is 0 Å². The van der Waals surface area contributed by atoms with Crippen LogP contribution >= 0.6 is 11.3 Å². The Labute approximate surface area is 151 Å². The minimum absolute atomic E-state index is 0.0378. The van der Waals surface area contributed by atoms with E-state index < -0.39 is 12.2 Å². The molecule has 0 saturated carbocycles. The van der Waals surface area contributed by atoms with Crippen molar-refractivity contribution in [1.29, 1.82) is 0 Å². The van der Waals surface area contributed by atoms with E-state index in [1.807, 2.05) is 17.5 Å². The maximum Gasteiger partial charge on any atom is 0.322 e. The van der Waals surface area contributed by atoms with Gasteiger partial charge in [-0.1, -0.05) is 11.2 Å². The minimum Gasteiger partial charge on any atom is -0.496 e. The lowest BCUT2D eigenvalue weighted by atomic mass is 10.2. The normalized spacial score (nSPS) is 10.8. The monoisotopic (exact) mass is 377 g/mol. The number of hydrogen-bond donors (Lipinski definition) is 3. The lowest BCUT2D eigenvalue weighted by molar-refractivity contribution is -0.0681. The second-order valence-electron chi connectivity index (χ2n) is 5.00. The van der Waals surface area contributed by atoms with Crippen LogP contribution in [0.2, 0.25) is 0 Å². The summed E-state index contributed by atoms with van der Waals surface area (Å²) in [7, 11) is 1.40. The number of aliphatic hydroxyl groups excluding tert-OH is 1. The Bertz CT molecular complexity index is 878. The molecule has 136 valence electrons. The van der Waals surface area contributed by atoms with Crippen molar-refractivity contribution >= 4 is 23.3 Å². The molecule has 3 N–H and O–H groups in total. The second-order valence-corrected chi connectivity index (χ2v) is 5.95. The molecule has 0 saturated heterocycles. The molecule has 2 heterocycles. The first-order valence-corrected chi connectivity index (χ1v) is 8.30. The Morgan fingerprint density at radius 1 is 1.35 bits per heavy atom. The molecule has 0 atom stereocenters. The highest BCUT2D eigenvalue weighted by Crippen LogP contribution is 2.27. The summed E-state index contributed by atoms with van der Waals surface area (Å²) < 4.78 is 15.8. The minimum atomic E-state index is -1.60. The van der Waals surface area contributed by atoms with Gasteiger partial charge in [0.2, 0.25) is 0 Å². The quantitative estimate of drug-likeness (QED) is 0.532. The number of ether oxygens (including phenoxy) is 2. The van der Waals surface area contributed by atoms with Crippen molar-refractivity contribution in [3.8, 4) is 22.3 Å². The number of methoxy groups -OCH3 is 1. The van der Waals surface area contributed by atoms with E-state index in [1.54, 1.807) is 0 Å². The molecular weight excluding hydrogens is 362 g/mol. The van der Waals surface area contributed by atoms with Gasteiger partial charge in [-0.3, -0.25) is 10.1 Å². The smallest absolute Gasteiger partial charge is 0.322 e. The van der Waals surface area contributed by atoms with Crippen LogP contribution in [0.15, 0.2) is 40.1 Å². The number of nitrogens with zero attached hydrogens (tertiary/aromatic N) is 2. The molecule has 3 rings (SSSR count). The molecule has 2 aromatic heterocycles. The Hall–Kier alpha value is -2.95. The summed E-state index contributed by atoms with van der Waals surface area (Å²) in [5, 5.41) is 29.7. The van der Waals surface area contributed by atoms with Crippen LogP contribution in [0.4, 0.5) is 6.01 Å². The van der Waals surface area contributed by atoms with Crippen LogP contribution in [0.3, 0.4) is 0 Å². The molecule has 0 unspecified atom stereocenters. The van der Waals surface area contributed by atoms with Crippen molar-refractivity contribution in [1.82, 2.24) is 10.2 Å². The molecule has 1 amide bonds. The SMILES string of the molecule is COc1cc(OCC(O)O)ccc1C(=O)Nc1nnc(-c2cccs2)o1. The van der Waals surface area contributed by atoms with Gasteiger partial charge in [-0.05, 0) is 23.6 Å². The number of aromatic nitrogens is 2. The van der Waals surface area contributed by atoms with Crippen molar-refractivity contribution in [2.45, 2.75) is 6.29 Å². The molecule has 0 aliphatic carbocycles. The number of aliphatic hydroxyl groups is 2. The van der Waals surface area contributed by atoms with Gasteiger partial charge in [0.15, 0.2) is 6.29 Å². The molecule has 9 nitrogen and oxygen atoms in total. The van der Waals surface area contributed by atoms with Crippen LogP contribution in [0, 0.1) is 0 Å². The van der Waals surface area contributed by atoms with E-state index in [0.29, 0.717) is 11.6 Å². The van der Waals surface area contributed by atoms with Crippen molar-refractivity contribution in [2.75, 3.05) is 19.0 Å². The molecule has 10 heteroatoms. The van der Waals surface area contributed by atoms with Gasteiger partial charge in [0.25, 0.3) is 11.8 Å². The maximum atomic E-state index is 12.4. The Balaban J connectivity index is 1.73. The number of carbonyl (C=O) groups excluding carboxylic acids is 1. The van der Waals surface area contributed by atoms with Crippen molar-refractivity contribution in [3.05, 3.63) is 41.3 Å². The fourth-order valence-corrected chi connectivity index (χ4v) is 2.70. The number of amides is 1. The molecule has 0 aliphatic heterocycles. The standard InChI is InChI=1S/C16H15N3O6S/c1-23-11-7-9(24-8-13(20)21)4-5-10(11)14(22)17-16-19-18-15(25-16)12-3-2-6-26-12/h2-7,13,20-21H,8H2,1H3,(H,17,19,22). The average Bonchev–Trinajstić information content (AvgIpc) is 3.31. The first-order chi connectivity index (χ1) is 12.6. The largest absolute Gasteiger partial charge is 0.496 e. The number of hydrogen-bond acceptors (Lipinski definition) is 9. The van der Waals surface area contributed by atoms with Crippen LogP contribution < -0.4 is 14.8 Å². The van der Waals surface area contributed by atoms with E-state index in [9.17, 15) is 4.79 Å². The maximum absolute atomic E-state index is 12.4. The van der Waals surface area contributed by atoms with E-state index in [4.69, 9.17) is 24.1 Å². The van der Waals surface area contributed by atoms with E-state index in [0.717, 1.165) is 4.88 Å². The number of thiophene rings is 1. The molecule has 0 fully saturated rings. The van der Waals surface area contributed by atoms with Gasteiger partial charge in [-0.25, -0.2) is 0 Å². The van der Waals surface area contributed by atoms with Gasteiger partial charge < -0.3 is 24.1 Å². The summed E-state index contributed by atoms with van der Waals surface area (Å²) in [6.45, 7) is -0.303. The summed E-state index contributed by atoms with van der Waals surface area (Å²) in [5.41, 5.74) is 0.222. The number of nitrogens with one attached hydrogen (secondary N) is 1. The highest BCUT2D eigenvalue weighted by Gasteiger charge is 2.17. The first-order valence-electron chi connectivity index (χ1n) is 7.42. The number of benzene rings is 1. The Kier molecular flexibility index (Phi) is 5.46. The highest BCUT2D eigenvalue weighted by molar-refractivity contribution is 7.13. The van der Waals surface area contributed by atoms with Crippen molar-refractivity contribution in [3.63, 3.8) is 0 Å². The van der Waals surface area contributed by atoms with Gasteiger partial charge in [0.05, 0.1) is 17.6 Å². The molecule has 0 radical (unpaired) electrons. The number of carbonyl (C=O) groups is 1. The third-order valence-electron chi connectivity index (χ3n) is 3.19. The summed E-state index contributed by atoms with van der Waals surface area (Å²) in [6.07, 6.45) is -1.60. The third-order valence-corrected chi connectivity index (χ3v) is 4.05. The zero-order valence-electron chi connectivity index (χ0n) is 13.6. The second kappa shape index (κ2) is 7.95. The lowest BCUT2D eigenvalue weighted by Crippen LogP contribution is -2.16. The summed E-state index contributed by atoms with van der Waals surface area (Å²) in [6, 6.07) is 8.09. The summed E-state index contributed by atoms with van der Waals surface area (Å²) in [5.74, 6) is 0.375. The van der Waals surface area contributed by atoms with Gasteiger partial charge in [0, 0.05) is 6.07 Å². The van der Waals surface area contributed by atoms with E-state index in [1.165, 1.54) is 36.6 Å². The first kappa shape index (κ1) is 17.9. The number of rotatable bonds is 7. The Morgan fingerprint density at radius 2 is 2.19 bits per heavy atom. The van der Waals surface area contributed by atoms with Crippen LogP contribution in [-0.4, -0.2) is 46.3 Å². The van der Waals surface area contributed by atoms with Crippen molar-refractivity contribution < 1.29 is 28.9 Å². The zero-order valence-corrected chi connectivity index (χ0v) is 14.4. The topological polar surface area (TPSA) is 127 Å². The van der Waals surface area contributed by atoms with E-state index in [-0.39, 0.29) is 23.9 Å². The molecule has 0 spiro atoms. The molecule has 0 bridgehead atoms. The zero-order chi connectivity index (χ0) is 18.5. The lowest BCUT2D eigenvalue weighted by Gasteiger charge is -2.11. The van der Waals surface area contributed by atoms with Crippen molar-refractivity contribution in [2.24, 2.45) is 0 Å². The van der Waals surface area contributed by atoms with Gasteiger partial charge in [-0.2, -0.15) is 0 Å². The highest BCUT2D eigenvalue weighted by atomic mass is 32.1. The third kappa shape index (κ3) is 4.17. The predicted molar refractivity (Wildman–Crippen MR) is 92.3 cm³/mol. The number of anilines is 1. The summed E-state index contributed by atoms with van der Waals surface area (Å²) in [4.78, 5) is 13.2. The summed E-state index contributed by atoms with van der Waals surface area (Å²) >= 11 is 1.44. The predicted octanol–water partition coefficient (Wildman–Crippen LogP) is 1.75. The fraction of sp³-hybridized carbons (Fsp3) is 0.188. The van der Waals surface area contributed by atoms with Gasteiger partial charge in [-0.15, -0.1) is 16.4 Å². The Morgan fingerprint density at radius 3 is 2.88 bits per heavy atom. The fourth-order valence-electron chi connectivity index (χ4n) is 2.06. The molecule has 1 aromatic carbocycles.